The summed E-state index contributed by atoms with van der Waals surface area (Å²) in [5.74, 6) is -0.439. The molecule has 4 rings (SSSR count). The van der Waals surface area contributed by atoms with Gasteiger partial charge in [0.05, 0.1) is 25.9 Å². The van der Waals surface area contributed by atoms with Crippen molar-refractivity contribution in [3.63, 3.8) is 0 Å². The first kappa shape index (κ1) is 21.0. The van der Waals surface area contributed by atoms with Crippen molar-refractivity contribution in [2.75, 3.05) is 5.75 Å². The first-order valence-corrected chi connectivity index (χ1v) is 11.6. The quantitative estimate of drug-likeness (QED) is 0.181. The maximum Gasteiger partial charge on any atom is 0.416 e. The molecule has 3 aromatic heterocycles. The van der Waals surface area contributed by atoms with Crippen molar-refractivity contribution < 1.29 is 18.0 Å². The van der Waals surface area contributed by atoms with Crippen LogP contribution < -0.4 is 0 Å². The van der Waals surface area contributed by atoms with Crippen LogP contribution in [0.1, 0.15) is 27.0 Å². The first-order valence-electron chi connectivity index (χ1n) is 8.88. The SMILES string of the molecule is Cc1csc2sc(-c3ccnc(SCC(=O)c4cccc(C(F)(F)F)c4)n3)c(C)c12. The zero-order chi connectivity index (χ0) is 21.5. The number of Topliss-reactive ketones (excluding diaryl/α,β-unsaturated/α-hetero) is 1. The minimum atomic E-state index is -4.48. The van der Waals surface area contributed by atoms with Gasteiger partial charge >= 0.3 is 6.18 Å². The molecule has 9 heteroatoms. The van der Waals surface area contributed by atoms with Crippen molar-refractivity contribution in [3.8, 4) is 10.6 Å². The summed E-state index contributed by atoms with van der Waals surface area (Å²) in [6.45, 7) is 4.16. The van der Waals surface area contributed by atoms with Crippen LogP contribution in [0.25, 0.3) is 20.0 Å². The largest absolute Gasteiger partial charge is 0.416 e. The van der Waals surface area contributed by atoms with Crippen LogP contribution in [0.2, 0.25) is 0 Å². The summed E-state index contributed by atoms with van der Waals surface area (Å²) in [5.41, 5.74) is 2.39. The van der Waals surface area contributed by atoms with E-state index in [-0.39, 0.29) is 11.3 Å². The van der Waals surface area contributed by atoms with E-state index < -0.39 is 17.5 Å². The Balaban J connectivity index is 1.52. The van der Waals surface area contributed by atoms with Crippen LogP contribution in [0.15, 0.2) is 47.1 Å². The maximum atomic E-state index is 12.9. The molecule has 0 aliphatic rings. The summed E-state index contributed by atoms with van der Waals surface area (Å²) in [6.07, 6.45) is -2.84. The number of rotatable bonds is 5. The second kappa shape index (κ2) is 8.13. The fourth-order valence-corrected chi connectivity index (χ4v) is 6.31. The van der Waals surface area contributed by atoms with Gasteiger partial charge in [0.1, 0.15) is 0 Å². The van der Waals surface area contributed by atoms with E-state index in [9.17, 15) is 18.0 Å². The minimum Gasteiger partial charge on any atom is -0.293 e. The van der Waals surface area contributed by atoms with E-state index in [1.54, 1.807) is 28.9 Å². The number of hydrogen-bond acceptors (Lipinski definition) is 6. The number of aryl methyl sites for hydroxylation is 2. The Kier molecular flexibility index (Phi) is 5.69. The summed E-state index contributed by atoms with van der Waals surface area (Å²) in [6, 6.07) is 6.29. The number of ketones is 1. The second-order valence-electron chi connectivity index (χ2n) is 6.65. The Bertz CT molecular complexity index is 1240. The zero-order valence-corrected chi connectivity index (χ0v) is 18.4. The molecule has 0 amide bonds. The van der Waals surface area contributed by atoms with E-state index in [0.717, 1.165) is 34.5 Å². The van der Waals surface area contributed by atoms with Crippen LogP contribution in [0.3, 0.4) is 0 Å². The summed E-state index contributed by atoms with van der Waals surface area (Å²) >= 11 is 4.50. The molecule has 0 saturated carbocycles. The first-order chi connectivity index (χ1) is 14.2. The molecule has 0 atom stereocenters. The predicted molar refractivity (Wildman–Crippen MR) is 117 cm³/mol. The molecular weight excluding hydrogens is 449 g/mol. The number of aromatic nitrogens is 2. The fraction of sp³-hybridized carbons (Fsp3) is 0.190. The molecule has 3 nitrogen and oxygen atoms in total. The van der Waals surface area contributed by atoms with Crippen LogP contribution in [0.4, 0.5) is 13.2 Å². The van der Waals surface area contributed by atoms with Gasteiger partial charge in [0.2, 0.25) is 0 Å². The summed E-state index contributed by atoms with van der Waals surface area (Å²) in [7, 11) is 0. The van der Waals surface area contributed by atoms with Crippen LogP contribution >= 0.6 is 34.4 Å². The van der Waals surface area contributed by atoms with E-state index in [1.807, 2.05) is 6.07 Å². The van der Waals surface area contributed by atoms with Crippen LogP contribution in [0, 0.1) is 13.8 Å². The number of nitrogens with zero attached hydrogens (tertiary/aromatic N) is 2. The Morgan fingerprint density at radius 1 is 1.20 bits per heavy atom. The molecule has 0 saturated heterocycles. The Morgan fingerprint density at radius 2 is 2.00 bits per heavy atom. The zero-order valence-electron chi connectivity index (χ0n) is 15.9. The monoisotopic (exact) mass is 464 g/mol. The minimum absolute atomic E-state index is 0.0262. The van der Waals surface area contributed by atoms with Crippen molar-refractivity contribution in [2.45, 2.75) is 25.2 Å². The number of halogens is 3. The number of carbonyl (C=O) groups is 1. The highest BCUT2D eigenvalue weighted by molar-refractivity contribution is 7.99. The molecule has 30 heavy (non-hydrogen) atoms. The molecule has 154 valence electrons. The smallest absolute Gasteiger partial charge is 0.293 e. The molecule has 3 heterocycles. The van der Waals surface area contributed by atoms with Crippen molar-refractivity contribution >= 4 is 49.6 Å². The standard InChI is InChI=1S/C21H15F3N2OS3/c1-11-9-28-19-17(11)12(2)18(30-19)15-6-7-25-20(26-15)29-10-16(27)13-4-3-5-14(8-13)21(22,23)24/h3-9H,10H2,1-2H3. The lowest BCUT2D eigenvalue weighted by Crippen LogP contribution is -2.08. The highest BCUT2D eigenvalue weighted by atomic mass is 32.2. The van der Waals surface area contributed by atoms with Gasteiger partial charge in [-0.1, -0.05) is 23.9 Å². The third kappa shape index (κ3) is 4.14. The lowest BCUT2D eigenvalue weighted by Gasteiger charge is -2.08. The van der Waals surface area contributed by atoms with Crippen LogP contribution in [-0.2, 0) is 6.18 Å². The maximum absolute atomic E-state index is 12.9. The lowest BCUT2D eigenvalue weighted by molar-refractivity contribution is -0.137. The van der Waals surface area contributed by atoms with Gasteiger partial charge in [0.15, 0.2) is 10.9 Å². The highest BCUT2D eigenvalue weighted by Gasteiger charge is 2.30. The van der Waals surface area contributed by atoms with Gasteiger partial charge in [0.25, 0.3) is 0 Å². The average molecular weight is 465 g/mol. The van der Waals surface area contributed by atoms with Crippen molar-refractivity contribution in [2.24, 2.45) is 0 Å². The van der Waals surface area contributed by atoms with E-state index in [2.05, 4.69) is 29.2 Å². The van der Waals surface area contributed by atoms with Crippen LogP contribution in [-0.4, -0.2) is 21.5 Å². The molecule has 0 N–H and O–H groups in total. The summed E-state index contributed by atoms with van der Waals surface area (Å²) in [5, 5.41) is 3.81. The summed E-state index contributed by atoms with van der Waals surface area (Å²) < 4.78 is 39.8. The molecule has 4 aromatic rings. The van der Waals surface area contributed by atoms with Crippen molar-refractivity contribution in [1.82, 2.24) is 9.97 Å². The number of carbonyl (C=O) groups excluding carboxylic acids is 1. The van der Waals surface area contributed by atoms with Crippen molar-refractivity contribution in [1.29, 1.82) is 0 Å². The van der Waals surface area contributed by atoms with E-state index >= 15 is 0 Å². The van der Waals surface area contributed by atoms with E-state index in [4.69, 9.17) is 0 Å². The predicted octanol–water partition coefficient (Wildman–Crippen LogP) is 7.03. The van der Waals surface area contributed by atoms with Gasteiger partial charge < -0.3 is 0 Å². The number of benzene rings is 1. The third-order valence-electron chi connectivity index (χ3n) is 4.56. The Hall–Kier alpha value is -2.23. The summed E-state index contributed by atoms with van der Waals surface area (Å²) in [4.78, 5) is 22.2. The van der Waals surface area contributed by atoms with Gasteiger partial charge in [-0.25, -0.2) is 9.97 Å². The van der Waals surface area contributed by atoms with Gasteiger partial charge in [-0.2, -0.15) is 13.2 Å². The van der Waals surface area contributed by atoms with Gasteiger partial charge in [0, 0.05) is 17.1 Å². The van der Waals surface area contributed by atoms with Gasteiger partial charge in [-0.05, 0) is 48.6 Å². The molecule has 0 radical (unpaired) electrons. The number of alkyl halides is 3. The third-order valence-corrected chi connectivity index (χ3v) is 7.96. The Morgan fingerprint density at radius 3 is 2.73 bits per heavy atom. The molecule has 1 aromatic carbocycles. The number of thiophene rings is 2. The lowest BCUT2D eigenvalue weighted by atomic mass is 10.1. The van der Waals surface area contributed by atoms with Crippen LogP contribution in [0.5, 0.6) is 0 Å². The van der Waals surface area contributed by atoms with Crippen molar-refractivity contribution in [3.05, 3.63) is 64.2 Å². The van der Waals surface area contributed by atoms with Gasteiger partial charge in [-0.3, -0.25) is 4.79 Å². The topological polar surface area (TPSA) is 42.9 Å². The number of hydrogen-bond donors (Lipinski definition) is 0. The number of thioether (sulfide) groups is 1. The fourth-order valence-electron chi connectivity index (χ4n) is 3.09. The highest BCUT2D eigenvalue weighted by Crippen LogP contribution is 2.42. The molecule has 0 unspecified atom stereocenters. The molecule has 0 spiro atoms. The molecule has 0 aliphatic carbocycles. The average Bonchev–Trinajstić information content (AvgIpc) is 3.25. The Labute approximate surface area is 183 Å². The van der Waals surface area contributed by atoms with E-state index in [1.165, 1.54) is 32.7 Å². The van der Waals surface area contributed by atoms with E-state index in [0.29, 0.717) is 5.16 Å². The second-order valence-corrected chi connectivity index (χ2v) is 9.75. The molecule has 0 fully saturated rings. The molecule has 0 aliphatic heterocycles. The number of fused-ring (bicyclic) bond motifs is 1. The molecule has 0 bridgehead atoms. The normalized spacial score (nSPS) is 11.9. The van der Waals surface area contributed by atoms with Gasteiger partial charge in [-0.15, -0.1) is 22.7 Å². The molecular formula is C21H15F3N2OS3.